The Morgan fingerprint density at radius 3 is 2.33 bits per heavy atom. The molecule has 124 valence electrons. The molecule has 3 heteroatoms. The van der Waals surface area contributed by atoms with Crippen LogP contribution in [0.25, 0.3) is 0 Å². The lowest BCUT2D eigenvalue weighted by atomic mass is 10.1. The zero-order valence-electron chi connectivity index (χ0n) is 13.9. The molecule has 1 atom stereocenters. The summed E-state index contributed by atoms with van der Waals surface area (Å²) in [6.07, 6.45) is 8.09. The average molecular weight is 338 g/mol. The van der Waals surface area contributed by atoms with Crippen LogP contribution in [0.3, 0.4) is 0 Å². The summed E-state index contributed by atoms with van der Waals surface area (Å²) in [5.41, 5.74) is 1.87. The molecular weight excluding hydrogens is 316 g/mol. The van der Waals surface area contributed by atoms with Crippen molar-refractivity contribution in [1.82, 2.24) is 0 Å². The quantitative estimate of drug-likeness (QED) is 0.375. The summed E-state index contributed by atoms with van der Waals surface area (Å²) in [5.74, 6) is 0.0339. The van der Waals surface area contributed by atoms with Crippen LogP contribution in [0.2, 0.25) is 0 Å². The summed E-state index contributed by atoms with van der Waals surface area (Å²) in [6.45, 7) is 2.01. The Morgan fingerprint density at radius 2 is 1.62 bits per heavy atom. The zero-order chi connectivity index (χ0) is 17.2. The fourth-order valence-corrected chi connectivity index (χ4v) is 3.02. The smallest absolute Gasteiger partial charge is 0.185 e. The topological polar surface area (TPSA) is 34.1 Å². The van der Waals surface area contributed by atoms with Gasteiger partial charge in [0.25, 0.3) is 0 Å². The molecule has 24 heavy (non-hydrogen) atoms. The third-order valence-corrected chi connectivity index (χ3v) is 4.72. The Hall–Kier alpha value is -2.26. The molecule has 0 amide bonds. The number of allylic oxidation sites excluding steroid dienone is 3. The summed E-state index contributed by atoms with van der Waals surface area (Å²) < 4.78 is 12.1. The van der Waals surface area contributed by atoms with E-state index in [4.69, 9.17) is 0 Å². The van der Waals surface area contributed by atoms with Gasteiger partial charge in [0.1, 0.15) is 0 Å². The number of benzene rings is 2. The Kier molecular flexibility index (Phi) is 7.37. The molecule has 0 spiro atoms. The van der Waals surface area contributed by atoms with Crippen molar-refractivity contribution < 1.29 is 9.00 Å². The van der Waals surface area contributed by atoms with Crippen molar-refractivity contribution in [2.45, 2.75) is 31.1 Å². The van der Waals surface area contributed by atoms with E-state index in [0.717, 1.165) is 29.7 Å². The minimum atomic E-state index is -1.08. The monoisotopic (exact) mass is 338 g/mol. The molecule has 2 nitrogen and oxygen atoms in total. The lowest BCUT2D eigenvalue weighted by molar-refractivity contribution is 0.104. The van der Waals surface area contributed by atoms with Crippen LogP contribution in [0.4, 0.5) is 0 Å². The molecule has 0 aliphatic carbocycles. The van der Waals surface area contributed by atoms with Gasteiger partial charge in [-0.3, -0.25) is 4.79 Å². The molecule has 0 aliphatic heterocycles. The highest BCUT2D eigenvalue weighted by Crippen LogP contribution is 2.10. The molecule has 2 rings (SSSR count). The number of rotatable bonds is 8. The lowest BCUT2D eigenvalue weighted by Gasteiger charge is -1.97. The van der Waals surface area contributed by atoms with E-state index in [2.05, 4.69) is 0 Å². The lowest BCUT2D eigenvalue weighted by Crippen LogP contribution is -1.92. The fourth-order valence-electron chi connectivity index (χ4n) is 2.15. The Bertz CT molecular complexity index is 728. The highest BCUT2D eigenvalue weighted by atomic mass is 32.2. The van der Waals surface area contributed by atoms with Crippen LogP contribution < -0.4 is 0 Å². The number of carbonyl (C=O) groups excluding carboxylic acids is 1. The summed E-state index contributed by atoms with van der Waals surface area (Å²) in [5, 5.41) is 1.74. The minimum absolute atomic E-state index is 0.0339. The number of hydrogen-bond acceptors (Lipinski definition) is 2. The van der Waals surface area contributed by atoms with Gasteiger partial charge in [0.15, 0.2) is 5.78 Å². The van der Waals surface area contributed by atoms with E-state index < -0.39 is 10.8 Å². The maximum absolute atomic E-state index is 12.1. The number of hydrogen-bond donors (Lipinski definition) is 0. The first-order valence-electron chi connectivity index (χ1n) is 8.06. The molecule has 0 aromatic heterocycles. The molecule has 0 unspecified atom stereocenters. The second-order valence-corrected chi connectivity index (χ2v) is 6.88. The molecule has 2 aromatic carbocycles. The third kappa shape index (κ3) is 6.09. The van der Waals surface area contributed by atoms with Gasteiger partial charge < -0.3 is 0 Å². The Morgan fingerprint density at radius 1 is 0.958 bits per heavy atom. The van der Waals surface area contributed by atoms with Crippen LogP contribution in [-0.4, -0.2) is 9.99 Å². The molecule has 2 aromatic rings. The van der Waals surface area contributed by atoms with Gasteiger partial charge in [-0.05, 0) is 44.4 Å². The minimum Gasteiger partial charge on any atom is -0.289 e. The fraction of sp³-hybridized carbons (Fsp3) is 0.190. The molecule has 0 saturated carbocycles. The van der Waals surface area contributed by atoms with E-state index in [1.54, 1.807) is 11.5 Å². The van der Waals surface area contributed by atoms with Gasteiger partial charge in [0, 0.05) is 15.9 Å². The van der Waals surface area contributed by atoms with Crippen LogP contribution in [0.1, 0.15) is 35.2 Å². The highest BCUT2D eigenvalue weighted by molar-refractivity contribution is 7.88. The van der Waals surface area contributed by atoms with Crippen LogP contribution in [0.5, 0.6) is 0 Å². The van der Waals surface area contributed by atoms with Crippen molar-refractivity contribution in [3.8, 4) is 0 Å². The molecule has 0 fully saturated rings. The molecule has 0 N–H and O–H groups in total. The van der Waals surface area contributed by atoms with E-state index in [9.17, 15) is 9.00 Å². The Labute approximate surface area is 146 Å². The predicted octanol–water partition coefficient (Wildman–Crippen LogP) is 5.23. The van der Waals surface area contributed by atoms with E-state index in [-0.39, 0.29) is 5.78 Å². The van der Waals surface area contributed by atoms with E-state index in [1.165, 1.54) is 0 Å². The number of ketones is 1. The van der Waals surface area contributed by atoms with Crippen molar-refractivity contribution in [3.63, 3.8) is 0 Å². The van der Waals surface area contributed by atoms with Gasteiger partial charge in [0.2, 0.25) is 0 Å². The van der Waals surface area contributed by atoms with Crippen LogP contribution in [0.15, 0.2) is 83.1 Å². The third-order valence-electron chi connectivity index (χ3n) is 3.54. The summed E-state index contributed by atoms with van der Waals surface area (Å²) in [6, 6.07) is 17.0. The maximum Gasteiger partial charge on any atom is 0.185 e. The highest BCUT2D eigenvalue weighted by Gasteiger charge is 1.99. The van der Waals surface area contributed by atoms with Crippen LogP contribution >= 0.6 is 0 Å². The molecular formula is C21H22O2S. The largest absolute Gasteiger partial charge is 0.289 e. The van der Waals surface area contributed by atoms with Gasteiger partial charge in [-0.15, -0.1) is 0 Å². The summed E-state index contributed by atoms with van der Waals surface area (Å²) in [4.78, 5) is 12.7. The molecule has 0 heterocycles. The first-order chi connectivity index (χ1) is 11.7. The first kappa shape index (κ1) is 18.1. The van der Waals surface area contributed by atoms with Gasteiger partial charge in [-0.25, -0.2) is 4.21 Å². The molecule has 0 bridgehead atoms. The van der Waals surface area contributed by atoms with Crippen molar-refractivity contribution in [3.05, 3.63) is 89.4 Å². The van der Waals surface area contributed by atoms with Gasteiger partial charge in [0.05, 0.1) is 10.8 Å². The normalized spacial score (nSPS) is 12.7. The van der Waals surface area contributed by atoms with Crippen molar-refractivity contribution in [2.24, 2.45) is 0 Å². The maximum atomic E-state index is 12.1. The molecule has 0 radical (unpaired) electrons. The van der Waals surface area contributed by atoms with Gasteiger partial charge >= 0.3 is 0 Å². The van der Waals surface area contributed by atoms with Gasteiger partial charge in [-0.1, -0.05) is 60.2 Å². The SMILES string of the molecule is Cc1ccc([S@](=O)/C=C/CCC/C=C/C(=O)c2ccccc2)cc1. The van der Waals surface area contributed by atoms with Crippen LogP contribution in [-0.2, 0) is 10.8 Å². The summed E-state index contributed by atoms with van der Waals surface area (Å²) in [7, 11) is -1.08. The Balaban J connectivity index is 1.69. The van der Waals surface area contributed by atoms with E-state index in [1.807, 2.05) is 73.7 Å². The number of unbranched alkanes of at least 4 members (excludes halogenated alkanes) is 2. The van der Waals surface area contributed by atoms with Gasteiger partial charge in [-0.2, -0.15) is 0 Å². The van der Waals surface area contributed by atoms with E-state index in [0.29, 0.717) is 5.56 Å². The second-order valence-electron chi connectivity index (χ2n) is 5.55. The zero-order valence-corrected chi connectivity index (χ0v) is 14.7. The van der Waals surface area contributed by atoms with Crippen LogP contribution in [0, 0.1) is 6.92 Å². The van der Waals surface area contributed by atoms with Crippen molar-refractivity contribution in [1.29, 1.82) is 0 Å². The molecule has 0 saturated heterocycles. The average Bonchev–Trinajstić information content (AvgIpc) is 2.62. The van der Waals surface area contributed by atoms with Crippen molar-refractivity contribution >= 4 is 16.6 Å². The predicted molar refractivity (Wildman–Crippen MR) is 100 cm³/mol. The van der Waals surface area contributed by atoms with Crippen molar-refractivity contribution in [2.75, 3.05) is 0 Å². The van der Waals surface area contributed by atoms with E-state index >= 15 is 0 Å². The second kappa shape index (κ2) is 9.78. The molecule has 0 aliphatic rings. The standard InChI is InChI=1S/C21H22O2S/c1-18-13-15-20(16-14-18)24(23)17-9-4-2-3-8-12-21(22)19-10-6-5-7-11-19/h5-17H,2-4H2,1H3/b12-8+,17-9+/t24-/m1/s1. The first-order valence-corrected chi connectivity index (χ1v) is 9.28. The summed E-state index contributed by atoms with van der Waals surface area (Å²) >= 11 is 0. The number of carbonyl (C=O) groups is 1. The number of aryl methyl sites for hydroxylation is 1.